The Kier molecular flexibility index (Phi) is 4.92. The predicted octanol–water partition coefficient (Wildman–Crippen LogP) is 2.32. The van der Waals surface area contributed by atoms with Crippen molar-refractivity contribution in [2.75, 3.05) is 0 Å². The summed E-state index contributed by atoms with van der Waals surface area (Å²) in [5.74, 6) is -0.0187. The number of hydrogen-bond acceptors (Lipinski definition) is 2. The second-order valence-corrected chi connectivity index (χ2v) is 4.64. The van der Waals surface area contributed by atoms with Gasteiger partial charge in [0.2, 0.25) is 0 Å². The van der Waals surface area contributed by atoms with Crippen molar-refractivity contribution >= 4 is 5.78 Å². The van der Waals surface area contributed by atoms with Crippen molar-refractivity contribution in [1.29, 1.82) is 0 Å². The molecule has 0 radical (unpaired) electrons. The van der Waals surface area contributed by atoms with Gasteiger partial charge in [0.15, 0.2) is 5.78 Å². The minimum atomic E-state index is -0.483. The van der Waals surface area contributed by atoms with Gasteiger partial charge in [-0.25, -0.2) is 0 Å². The van der Waals surface area contributed by atoms with Gasteiger partial charge in [-0.1, -0.05) is 26.8 Å². The highest BCUT2D eigenvalue weighted by Crippen LogP contribution is 2.21. The van der Waals surface area contributed by atoms with Gasteiger partial charge in [0.25, 0.3) is 0 Å². The quantitative estimate of drug-likeness (QED) is 0.681. The van der Waals surface area contributed by atoms with Crippen LogP contribution in [0.1, 0.15) is 40.5 Å². The lowest BCUT2D eigenvalue weighted by Gasteiger charge is -2.18. The number of allylic oxidation sites excluding steroid dienone is 1. The van der Waals surface area contributed by atoms with Crippen LogP contribution in [0.4, 0.5) is 0 Å². The molecule has 0 amide bonds. The highest BCUT2D eigenvalue weighted by Gasteiger charge is 2.11. The van der Waals surface area contributed by atoms with Gasteiger partial charge >= 0.3 is 0 Å². The van der Waals surface area contributed by atoms with Crippen molar-refractivity contribution in [3.8, 4) is 0 Å². The van der Waals surface area contributed by atoms with Crippen molar-refractivity contribution in [3.05, 3.63) is 12.2 Å². The van der Waals surface area contributed by atoms with E-state index in [4.69, 9.17) is 0 Å². The Balaban J connectivity index is 3.76. The lowest BCUT2D eigenvalue weighted by Crippen LogP contribution is -2.11. The molecule has 0 bridgehead atoms. The molecule has 2 heteroatoms. The van der Waals surface area contributed by atoms with Crippen LogP contribution in [-0.4, -0.2) is 17.0 Å². The number of hydrogen-bond donors (Lipinski definition) is 1. The number of carbonyl (C=O) groups excluding carboxylic acids is 1. The van der Waals surface area contributed by atoms with Crippen LogP contribution in [0.5, 0.6) is 0 Å². The van der Waals surface area contributed by atoms with Crippen molar-refractivity contribution < 1.29 is 9.90 Å². The normalized spacial score (nSPS) is 14.8. The second kappa shape index (κ2) is 5.18. The summed E-state index contributed by atoms with van der Waals surface area (Å²) in [5, 5.41) is 9.42. The predicted molar refractivity (Wildman–Crippen MR) is 54.5 cm³/mol. The molecule has 0 aromatic heterocycles. The molecule has 0 aliphatic rings. The van der Waals surface area contributed by atoms with Gasteiger partial charge in [0, 0.05) is 0 Å². The zero-order valence-corrected chi connectivity index (χ0v) is 9.00. The third-order valence-corrected chi connectivity index (χ3v) is 1.74. The van der Waals surface area contributed by atoms with E-state index in [1.165, 1.54) is 13.0 Å². The van der Waals surface area contributed by atoms with E-state index in [1.54, 1.807) is 6.08 Å². The highest BCUT2D eigenvalue weighted by molar-refractivity contribution is 5.87. The molecule has 1 atom stereocenters. The van der Waals surface area contributed by atoms with Crippen LogP contribution < -0.4 is 0 Å². The zero-order valence-electron chi connectivity index (χ0n) is 9.00. The molecule has 13 heavy (non-hydrogen) atoms. The van der Waals surface area contributed by atoms with Crippen molar-refractivity contribution in [2.24, 2.45) is 5.41 Å². The van der Waals surface area contributed by atoms with Crippen LogP contribution in [0.15, 0.2) is 12.2 Å². The van der Waals surface area contributed by atoms with Crippen LogP contribution in [0, 0.1) is 5.41 Å². The molecule has 0 saturated carbocycles. The first-order valence-electron chi connectivity index (χ1n) is 4.68. The fourth-order valence-electron chi connectivity index (χ4n) is 0.924. The monoisotopic (exact) mass is 184 g/mol. The first-order valence-corrected chi connectivity index (χ1v) is 4.68. The molecule has 0 heterocycles. The van der Waals surface area contributed by atoms with Gasteiger partial charge in [0.1, 0.15) is 0 Å². The molecule has 0 saturated heterocycles. The molecule has 0 aromatic carbocycles. The van der Waals surface area contributed by atoms with Crippen LogP contribution in [0.25, 0.3) is 0 Å². The second-order valence-electron chi connectivity index (χ2n) is 4.64. The Labute approximate surface area is 80.7 Å². The minimum Gasteiger partial charge on any atom is -0.389 e. The Hall–Kier alpha value is -0.630. The largest absolute Gasteiger partial charge is 0.389 e. The summed E-state index contributed by atoms with van der Waals surface area (Å²) in [4.78, 5) is 10.6. The standard InChI is InChI=1S/C11H20O2/c1-9(12)5-6-10(13)7-8-11(2,3)4/h5-6,10,13H,7-8H2,1-4H3. The molecule has 1 unspecified atom stereocenters. The van der Waals surface area contributed by atoms with Crippen LogP contribution in [0.2, 0.25) is 0 Å². The first-order chi connectivity index (χ1) is 5.81. The van der Waals surface area contributed by atoms with Gasteiger partial charge in [-0.05, 0) is 31.3 Å². The fourth-order valence-corrected chi connectivity index (χ4v) is 0.924. The Bertz CT molecular complexity index is 187. The van der Waals surface area contributed by atoms with E-state index in [-0.39, 0.29) is 11.2 Å². The summed E-state index contributed by atoms with van der Waals surface area (Å²) in [6, 6.07) is 0. The Morgan fingerprint density at radius 2 is 2.00 bits per heavy atom. The van der Waals surface area contributed by atoms with Crippen LogP contribution in [-0.2, 0) is 4.79 Å². The van der Waals surface area contributed by atoms with Gasteiger partial charge in [-0.2, -0.15) is 0 Å². The Morgan fingerprint density at radius 3 is 2.38 bits per heavy atom. The Morgan fingerprint density at radius 1 is 1.46 bits per heavy atom. The molecule has 0 aromatic rings. The molecule has 1 N–H and O–H groups in total. The summed E-state index contributed by atoms with van der Waals surface area (Å²) in [6.07, 6.45) is 4.17. The SMILES string of the molecule is CC(=O)C=CC(O)CCC(C)(C)C. The van der Waals surface area contributed by atoms with E-state index in [9.17, 15) is 9.90 Å². The van der Waals surface area contributed by atoms with Crippen molar-refractivity contribution in [1.82, 2.24) is 0 Å². The average molecular weight is 184 g/mol. The van der Waals surface area contributed by atoms with Crippen LogP contribution >= 0.6 is 0 Å². The van der Waals surface area contributed by atoms with Gasteiger partial charge in [-0.15, -0.1) is 0 Å². The lowest BCUT2D eigenvalue weighted by atomic mass is 9.89. The van der Waals surface area contributed by atoms with Crippen molar-refractivity contribution in [3.63, 3.8) is 0 Å². The lowest BCUT2D eigenvalue weighted by molar-refractivity contribution is -0.112. The molecule has 0 spiro atoms. The van der Waals surface area contributed by atoms with E-state index < -0.39 is 6.10 Å². The minimum absolute atomic E-state index is 0.0187. The van der Waals surface area contributed by atoms with Crippen LogP contribution in [0.3, 0.4) is 0 Å². The topological polar surface area (TPSA) is 37.3 Å². The molecule has 0 aliphatic heterocycles. The third kappa shape index (κ3) is 9.28. The smallest absolute Gasteiger partial charge is 0.152 e. The molecule has 0 rings (SSSR count). The first kappa shape index (κ1) is 12.4. The fraction of sp³-hybridized carbons (Fsp3) is 0.727. The molecule has 0 fully saturated rings. The van der Waals surface area contributed by atoms with Crippen molar-refractivity contribution in [2.45, 2.75) is 46.6 Å². The van der Waals surface area contributed by atoms with Gasteiger partial charge < -0.3 is 5.11 Å². The number of aliphatic hydroxyl groups excluding tert-OH is 1. The third-order valence-electron chi connectivity index (χ3n) is 1.74. The highest BCUT2D eigenvalue weighted by atomic mass is 16.3. The average Bonchev–Trinajstić information content (AvgIpc) is 1.95. The van der Waals surface area contributed by atoms with E-state index in [0.29, 0.717) is 6.42 Å². The van der Waals surface area contributed by atoms with Gasteiger partial charge in [0.05, 0.1) is 6.10 Å². The van der Waals surface area contributed by atoms with Gasteiger partial charge in [-0.3, -0.25) is 4.79 Å². The molecule has 76 valence electrons. The number of carbonyl (C=O) groups is 1. The number of ketones is 1. The van der Waals surface area contributed by atoms with E-state index in [0.717, 1.165) is 6.42 Å². The number of rotatable bonds is 4. The maximum absolute atomic E-state index is 10.6. The van der Waals surface area contributed by atoms with E-state index >= 15 is 0 Å². The molecule has 0 aliphatic carbocycles. The maximum Gasteiger partial charge on any atom is 0.152 e. The summed E-state index contributed by atoms with van der Waals surface area (Å²) in [5.41, 5.74) is 0.241. The number of aliphatic hydroxyl groups is 1. The van der Waals surface area contributed by atoms with E-state index in [1.807, 2.05) is 0 Å². The summed E-state index contributed by atoms with van der Waals surface area (Å²) >= 11 is 0. The summed E-state index contributed by atoms with van der Waals surface area (Å²) in [6.45, 7) is 7.88. The zero-order chi connectivity index (χ0) is 10.5. The maximum atomic E-state index is 10.6. The van der Waals surface area contributed by atoms with E-state index in [2.05, 4.69) is 20.8 Å². The summed E-state index contributed by atoms with van der Waals surface area (Å²) < 4.78 is 0. The molecular weight excluding hydrogens is 164 g/mol. The molecule has 2 nitrogen and oxygen atoms in total. The molecular formula is C11H20O2. The summed E-state index contributed by atoms with van der Waals surface area (Å²) in [7, 11) is 0.